The van der Waals surface area contributed by atoms with E-state index in [-0.39, 0.29) is 6.42 Å². The lowest BCUT2D eigenvalue weighted by molar-refractivity contribution is -0.139. The molecule has 9 heteroatoms. The molecule has 0 radical (unpaired) electrons. The molecule has 0 aromatic heterocycles. The van der Waals surface area contributed by atoms with E-state index >= 15 is 0 Å². The van der Waals surface area contributed by atoms with Gasteiger partial charge in [0.15, 0.2) is 23.3 Å². The SMILES string of the molecule is CCC(NC(=O)c1c(F)c(F)c(F)c(F)c1F)C(=O)O. The van der Waals surface area contributed by atoms with Crippen molar-refractivity contribution in [1.82, 2.24) is 5.32 Å². The van der Waals surface area contributed by atoms with Gasteiger partial charge in [-0.15, -0.1) is 0 Å². The smallest absolute Gasteiger partial charge is 0.326 e. The first-order chi connectivity index (χ1) is 9.22. The van der Waals surface area contributed by atoms with E-state index < -0.39 is 52.6 Å². The fourth-order valence-corrected chi connectivity index (χ4v) is 1.37. The van der Waals surface area contributed by atoms with Crippen LogP contribution in [-0.2, 0) is 4.79 Å². The van der Waals surface area contributed by atoms with E-state index in [2.05, 4.69) is 0 Å². The number of rotatable bonds is 4. The standard InChI is InChI=1S/C11H8F5NO3/c1-2-3(11(19)20)17-10(18)4-5(12)7(14)9(16)8(15)6(4)13/h3H,2H2,1H3,(H,17,18)(H,19,20). The number of halogens is 5. The predicted molar refractivity (Wildman–Crippen MR) is 55.4 cm³/mol. The van der Waals surface area contributed by atoms with Gasteiger partial charge in [-0.2, -0.15) is 0 Å². The molecule has 1 rings (SSSR count). The lowest BCUT2D eigenvalue weighted by Crippen LogP contribution is -2.41. The number of carbonyl (C=O) groups is 2. The fraction of sp³-hybridized carbons (Fsp3) is 0.273. The Morgan fingerprint density at radius 1 is 1.00 bits per heavy atom. The van der Waals surface area contributed by atoms with Gasteiger partial charge in [0.05, 0.1) is 0 Å². The molecule has 0 heterocycles. The summed E-state index contributed by atoms with van der Waals surface area (Å²) in [7, 11) is 0. The minimum absolute atomic E-state index is 0.142. The van der Waals surface area contributed by atoms with Crippen LogP contribution in [0.15, 0.2) is 0 Å². The summed E-state index contributed by atoms with van der Waals surface area (Å²) in [6.07, 6.45) is -0.142. The maximum absolute atomic E-state index is 13.3. The Kier molecular flexibility index (Phi) is 4.64. The van der Waals surface area contributed by atoms with Crippen molar-refractivity contribution < 1.29 is 36.6 Å². The van der Waals surface area contributed by atoms with Crippen LogP contribution >= 0.6 is 0 Å². The second-order valence-electron chi connectivity index (χ2n) is 3.72. The van der Waals surface area contributed by atoms with Crippen molar-refractivity contribution in [3.05, 3.63) is 34.6 Å². The molecule has 1 atom stereocenters. The third kappa shape index (κ3) is 2.70. The van der Waals surface area contributed by atoms with E-state index in [1.807, 2.05) is 0 Å². The number of hydrogen-bond acceptors (Lipinski definition) is 2. The van der Waals surface area contributed by atoms with E-state index in [0.29, 0.717) is 0 Å². The van der Waals surface area contributed by atoms with Gasteiger partial charge in [0.1, 0.15) is 11.6 Å². The predicted octanol–water partition coefficient (Wildman–Crippen LogP) is 1.98. The Hall–Kier alpha value is -2.19. The van der Waals surface area contributed by atoms with Crippen molar-refractivity contribution in [2.24, 2.45) is 0 Å². The zero-order valence-corrected chi connectivity index (χ0v) is 9.94. The first-order valence-corrected chi connectivity index (χ1v) is 5.27. The van der Waals surface area contributed by atoms with Gasteiger partial charge in [0.25, 0.3) is 5.91 Å². The van der Waals surface area contributed by atoms with Gasteiger partial charge in [0, 0.05) is 0 Å². The van der Waals surface area contributed by atoms with Gasteiger partial charge >= 0.3 is 5.97 Å². The molecule has 0 aliphatic carbocycles. The number of aliphatic carboxylic acids is 1. The summed E-state index contributed by atoms with van der Waals surface area (Å²) in [5.74, 6) is -14.8. The number of carboxylic acid groups (broad SMARTS) is 1. The molecule has 2 N–H and O–H groups in total. The highest BCUT2D eigenvalue weighted by molar-refractivity contribution is 5.97. The van der Waals surface area contributed by atoms with Crippen molar-refractivity contribution in [3.8, 4) is 0 Å². The maximum atomic E-state index is 13.3. The average Bonchev–Trinajstić information content (AvgIpc) is 2.40. The molecule has 4 nitrogen and oxygen atoms in total. The maximum Gasteiger partial charge on any atom is 0.326 e. The first-order valence-electron chi connectivity index (χ1n) is 5.27. The summed E-state index contributed by atoms with van der Waals surface area (Å²) in [6.45, 7) is 1.34. The molecular weight excluding hydrogens is 289 g/mol. The van der Waals surface area contributed by atoms with Gasteiger partial charge in [0.2, 0.25) is 5.82 Å². The molecule has 20 heavy (non-hydrogen) atoms. The van der Waals surface area contributed by atoms with Crippen molar-refractivity contribution in [1.29, 1.82) is 0 Å². The van der Waals surface area contributed by atoms with Gasteiger partial charge in [-0.05, 0) is 6.42 Å². The molecular formula is C11H8F5NO3. The Balaban J connectivity index is 3.27. The minimum atomic E-state index is -2.40. The number of nitrogens with one attached hydrogen (secondary N) is 1. The molecule has 0 bridgehead atoms. The molecule has 0 aliphatic heterocycles. The van der Waals surface area contributed by atoms with E-state index in [1.54, 1.807) is 5.32 Å². The quantitative estimate of drug-likeness (QED) is 0.507. The summed E-state index contributed by atoms with van der Waals surface area (Å²) in [6, 6.07) is -1.52. The normalized spacial score (nSPS) is 12.1. The van der Waals surface area contributed by atoms with E-state index in [1.165, 1.54) is 6.92 Å². The van der Waals surface area contributed by atoms with Crippen molar-refractivity contribution in [2.75, 3.05) is 0 Å². The van der Waals surface area contributed by atoms with Crippen LogP contribution in [0.2, 0.25) is 0 Å². The second-order valence-corrected chi connectivity index (χ2v) is 3.72. The van der Waals surface area contributed by atoms with Gasteiger partial charge in [-0.3, -0.25) is 4.79 Å². The molecule has 0 spiro atoms. The van der Waals surface area contributed by atoms with Crippen LogP contribution in [0.5, 0.6) is 0 Å². The van der Waals surface area contributed by atoms with Crippen LogP contribution in [0.4, 0.5) is 22.0 Å². The van der Waals surface area contributed by atoms with Crippen molar-refractivity contribution >= 4 is 11.9 Å². The molecule has 1 amide bonds. The van der Waals surface area contributed by atoms with Crippen LogP contribution in [0.25, 0.3) is 0 Å². The van der Waals surface area contributed by atoms with Gasteiger partial charge in [-0.25, -0.2) is 26.7 Å². The fourth-order valence-electron chi connectivity index (χ4n) is 1.37. The number of benzene rings is 1. The summed E-state index contributed by atoms with van der Waals surface area (Å²) in [5.41, 5.74) is -1.72. The van der Waals surface area contributed by atoms with Crippen molar-refractivity contribution in [2.45, 2.75) is 19.4 Å². The lowest BCUT2D eigenvalue weighted by atomic mass is 10.1. The van der Waals surface area contributed by atoms with E-state index in [0.717, 1.165) is 0 Å². The molecule has 0 aliphatic rings. The second kappa shape index (κ2) is 5.85. The minimum Gasteiger partial charge on any atom is -0.480 e. The molecule has 0 saturated heterocycles. The summed E-state index contributed by atoms with van der Waals surface area (Å²) in [5, 5.41) is 10.3. The summed E-state index contributed by atoms with van der Waals surface area (Å²) in [4.78, 5) is 22.1. The number of hydrogen-bond donors (Lipinski definition) is 2. The lowest BCUT2D eigenvalue weighted by Gasteiger charge is -2.13. The molecule has 1 aromatic rings. The largest absolute Gasteiger partial charge is 0.480 e. The van der Waals surface area contributed by atoms with Crippen LogP contribution in [0.1, 0.15) is 23.7 Å². The highest BCUT2D eigenvalue weighted by Gasteiger charge is 2.31. The van der Waals surface area contributed by atoms with Gasteiger partial charge < -0.3 is 10.4 Å². The third-order valence-corrected chi connectivity index (χ3v) is 2.45. The Labute approximate surface area is 109 Å². The summed E-state index contributed by atoms with van der Waals surface area (Å²) >= 11 is 0. The van der Waals surface area contributed by atoms with E-state index in [4.69, 9.17) is 5.11 Å². The topological polar surface area (TPSA) is 66.4 Å². The zero-order chi connectivity index (χ0) is 15.6. The Bertz CT molecular complexity index is 547. The number of carboxylic acids is 1. The zero-order valence-electron chi connectivity index (χ0n) is 9.94. The third-order valence-electron chi connectivity index (χ3n) is 2.45. The highest BCUT2D eigenvalue weighted by Crippen LogP contribution is 2.23. The molecule has 1 unspecified atom stereocenters. The van der Waals surface area contributed by atoms with Crippen LogP contribution < -0.4 is 5.32 Å². The Morgan fingerprint density at radius 3 is 1.75 bits per heavy atom. The molecule has 1 aromatic carbocycles. The number of amides is 1. The summed E-state index contributed by atoms with van der Waals surface area (Å²) < 4.78 is 65.1. The highest BCUT2D eigenvalue weighted by atomic mass is 19.2. The van der Waals surface area contributed by atoms with E-state index in [9.17, 15) is 31.5 Å². The van der Waals surface area contributed by atoms with Crippen LogP contribution in [0.3, 0.4) is 0 Å². The van der Waals surface area contributed by atoms with Crippen LogP contribution in [0, 0.1) is 29.1 Å². The van der Waals surface area contributed by atoms with Crippen molar-refractivity contribution in [3.63, 3.8) is 0 Å². The van der Waals surface area contributed by atoms with Gasteiger partial charge in [-0.1, -0.05) is 6.92 Å². The van der Waals surface area contributed by atoms with Crippen LogP contribution in [-0.4, -0.2) is 23.0 Å². The molecule has 0 fully saturated rings. The first kappa shape index (κ1) is 15.9. The average molecular weight is 297 g/mol. The Morgan fingerprint density at radius 2 is 1.40 bits per heavy atom. The molecule has 110 valence electrons. The molecule has 0 saturated carbocycles. The number of carbonyl (C=O) groups excluding carboxylic acids is 1. The monoisotopic (exact) mass is 297 g/mol.